The van der Waals surface area contributed by atoms with E-state index in [1.54, 1.807) is 38.1 Å². The highest BCUT2D eigenvalue weighted by atomic mass is 32.1. The van der Waals surface area contributed by atoms with E-state index >= 15 is 0 Å². The predicted molar refractivity (Wildman–Crippen MR) is 151 cm³/mol. The summed E-state index contributed by atoms with van der Waals surface area (Å²) in [7, 11) is 0. The molecule has 9 nitrogen and oxygen atoms in total. The molecule has 2 heterocycles. The van der Waals surface area contributed by atoms with Gasteiger partial charge in [0.15, 0.2) is 11.2 Å². The molecule has 0 amide bonds. The van der Waals surface area contributed by atoms with Crippen LogP contribution in [0.2, 0.25) is 0 Å². The van der Waals surface area contributed by atoms with E-state index in [0.29, 0.717) is 27.6 Å². The van der Waals surface area contributed by atoms with Gasteiger partial charge in [-0.2, -0.15) is 0 Å². The van der Waals surface area contributed by atoms with E-state index in [1.165, 1.54) is 17.7 Å². The third-order valence-electron chi connectivity index (χ3n) is 7.15. The zero-order chi connectivity index (χ0) is 27.3. The predicted octanol–water partition coefficient (Wildman–Crippen LogP) is 4.17. The second kappa shape index (κ2) is 12.0. The number of allylic oxidation sites excluding steroid dienone is 1. The molecule has 3 rings (SSSR count). The molecule has 1 unspecified atom stereocenters. The Kier molecular flexibility index (Phi) is 9.31. The number of carboxylic acids is 2. The van der Waals surface area contributed by atoms with E-state index < -0.39 is 18.0 Å². The Bertz CT molecular complexity index is 1090. The molecule has 1 atom stereocenters. The maximum atomic E-state index is 12.0. The number of hydrogen-bond acceptors (Lipinski definition) is 6. The fourth-order valence-electron chi connectivity index (χ4n) is 5.13. The van der Waals surface area contributed by atoms with Crippen molar-refractivity contribution in [2.75, 3.05) is 36.4 Å². The molecule has 10 heteroatoms. The van der Waals surface area contributed by atoms with Crippen LogP contribution in [0.5, 0.6) is 0 Å². The zero-order valence-corrected chi connectivity index (χ0v) is 23.2. The van der Waals surface area contributed by atoms with E-state index in [1.807, 2.05) is 0 Å². The van der Waals surface area contributed by atoms with Gasteiger partial charge in [-0.3, -0.25) is 4.99 Å². The Morgan fingerprint density at radius 1 is 1.16 bits per heavy atom. The number of aliphatic carboxylic acids is 2. The van der Waals surface area contributed by atoms with Crippen molar-refractivity contribution in [1.29, 1.82) is 0 Å². The Balaban J connectivity index is 1.57. The number of anilines is 2. The van der Waals surface area contributed by atoms with Crippen LogP contribution in [0.3, 0.4) is 0 Å². The van der Waals surface area contributed by atoms with Gasteiger partial charge in [0.05, 0.1) is 5.70 Å². The number of carboxylic acid groups (broad SMARTS) is 2. The lowest BCUT2D eigenvalue weighted by molar-refractivity contribution is -0.137. The van der Waals surface area contributed by atoms with Gasteiger partial charge in [-0.05, 0) is 94.5 Å². The molecule has 0 aromatic heterocycles. The first-order valence-electron chi connectivity index (χ1n) is 12.8. The summed E-state index contributed by atoms with van der Waals surface area (Å²) in [4.78, 5) is 32.0. The summed E-state index contributed by atoms with van der Waals surface area (Å²) in [6.07, 6.45) is 3.47. The summed E-state index contributed by atoms with van der Waals surface area (Å²) in [5, 5.41) is 26.4. The molecular formula is C27H39N5O4S. The van der Waals surface area contributed by atoms with Crippen molar-refractivity contribution in [3.8, 4) is 0 Å². The van der Waals surface area contributed by atoms with E-state index in [2.05, 4.69) is 41.3 Å². The van der Waals surface area contributed by atoms with Crippen molar-refractivity contribution in [2.45, 2.75) is 59.9 Å². The highest BCUT2D eigenvalue weighted by Gasteiger charge is 2.38. The van der Waals surface area contributed by atoms with Crippen LogP contribution in [-0.4, -0.2) is 70.1 Å². The van der Waals surface area contributed by atoms with Crippen molar-refractivity contribution >= 4 is 46.4 Å². The molecule has 1 fully saturated rings. The summed E-state index contributed by atoms with van der Waals surface area (Å²) in [6, 6.07) is 5.68. The maximum absolute atomic E-state index is 12.0. The molecule has 2 aliphatic rings. The zero-order valence-electron chi connectivity index (χ0n) is 22.4. The first-order chi connectivity index (χ1) is 17.4. The van der Waals surface area contributed by atoms with Gasteiger partial charge in [0.2, 0.25) is 0 Å². The average Bonchev–Trinajstić information content (AvgIpc) is 2.80. The second-order valence-electron chi connectivity index (χ2n) is 10.9. The fourth-order valence-corrected chi connectivity index (χ4v) is 5.35. The number of nitrogens with one attached hydrogen (secondary N) is 2. The Hall–Kier alpha value is -2.98. The van der Waals surface area contributed by atoms with E-state index in [0.717, 1.165) is 38.5 Å². The van der Waals surface area contributed by atoms with Crippen LogP contribution in [-0.2, 0) is 9.59 Å². The first kappa shape index (κ1) is 28.6. The molecule has 0 saturated carbocycles. The van der Waals surface area contributed by atoms with Crippen molar-refractivity contribution < 1.29 is 19.8 Å². The molecule has 1 aromatic rings. The maximum Gasteiger partial charge on any atom is 0.354 e. The number of piperidine rings is 1. The second-order valence-corrected chi connectivity index (χ2v) is 11.3. The summed E-state index contributed by atoms with van der Waals surface area (Å²) in [5.74, 6) is -1.63. The minimum Gasteiger partial charge on any atom is -0.479 e. The van der Waals surface area contributed by atoms with Gasteiger partial charge in [-0.1, -0.05) is 26.8 Å². The molecule has 4 N–H and O–H groups in total. The third kappa shape index (κ3) is 7.29. The lowest BCUT2D eigenvalue weighted by Crippen LogP contribution is -2.49. The largest absolute Gasteiger partial charge is 0.479 e. The van der Waals surface area contributed by atoms with E-state index in [-0.39, 0.29) is 11.4 Å². The molecule has 202 valence electrons. The molecule has 37 heavy (non-hydrogen) atoms. The van der Waals surface area contributed by atoms with Crippen molar-refractivity contribution in [2.24, 2.45) is 16.3 Å². The monoisotopic (exact) mass is 529 g/mol. The van der Waals surface area contributed by atoms with Gasteiger partial charge in [-0.15, -0.1) is 0 Å². The summed E-state index contributed by atoms with van der Waals surface area (Å²) in [6.45, 7) is 14.2. The Labute approximate surface area is 224 Å². The van der Waals surface area contributed by atoms with Crippen molar-refractivity contribution in [1.82, 2.24) is 10.2 Å². The minimum atomic E-state index is -1.24. The number of nitrogens with zero attached hydrogens (tertiary/aromatic N) is 3. The number of rotatable bonds is 8. The van der Waals surface area contributed by atoms with Gasteiger partial charge in [0, 0.05) is 23.6 Å². The van der Waals surface area contributed by atoms with Crippen LogP contribution in [0.15, 0.2) is 40.7 Å². The molecule has 2 aliphatic heterocycles. The highest BCUT2D eigenvalue weighted by molar-refractivity contribution is 7.80. The van der Waals surface area contributed by atoms with Gasteiger partial charge in [-0.25, -0.2) is 9.59 Å². The number of aliphatic imine (C=N–C) groups is 1. The van der Waals surface area contributed by atoms with Crippen molar-refractivity contribution in [3.63, 3.8) is 0 Å². The van der Waals surface area contributed by atoms with Crippen LogP contribution in [0.4, 0.5) is 11.4 Å². The van der Waals surface area contributed by atoms with E-state index in [9.17, 15) is 19.8 Å². The number of carbonyl (C=O) groups is 2. The molecule has 1 aromatic carbocycles. The van der Waals surface area contributed by atoms with Crippen LogP contribution in [0.1, 0.15) is 53.9 Å². The van der Waals surface area contributed by atoms with Crippen LogP contribution >= 0.6 is 12.2 Å². The van der Waals surface area contributed by atoms with Crippen molar-refractivity contribution in [3.05, 3.63) is 35.7 Å². The molecule has 0 bridgehead atoms. The van der Waals surface area contributed by atoms with Gasteiger partial charge in [0.25, 0.3) is 0 Å². The smallest absolute Gasteiger partial charge is 0.354 e. The minimum absolute atomic E-state index is 0.164. The summed E-state index contributed by atoms with van der Waals surface area (Å²) >= 11 is 5.46. The lowest BCUT2D eigenvalue weighted by atomic mass is 9.75. The lowest BCUT2D eigenvalue weighted by Gasteiger charge is -2.38. The topological polar surface area (TPSA) is 117 Å². The number of hydrogen-bond donors (Lipinski definition) is 4. The number of thiocarbonyl (C=S) groups is 1. The number of benzene rings is 1. The average molecular weight is 530 g/mol. The quantitative estimate of drug-likeness (QED) is 0.291. The normalized spacial score (nSPS) is 19.4. The fraction of sp³-hybridized carbons (Fsp3) is 0.556. The Morgan fingerprint density at radius 3 is 2.43 bits per heavy atom. The SMILES string of the molecule is CC1=NC(C)=C(C(=O)O)N(c2cccc(NC(=S)NCCCN3CCC(C(C)(C)C)CC3)c2)C1C(=O)O. The van der Waals surface area contributed by atoms with E-state index in [4.69, 9.17) is 12.2 Å². The van der Waals surface area contributed by atoms with Crippen LogP contribution in [0.25, 0.3) is 0 Å². The van der Waals surface area contributed by atoms with Gasteiger partial charge in [0.1, 0.15) is 5.70 Å². The molecule has 0 radical (unpaired) electrons. The summed E-state index contributed by atoms with van der Waals surface area (Å²) < 4.78 is 0. The first-order valence-corrected chi connectivity index (χ1v) is 13.2. The molecule has 0 spiro atoms. The van der Waals surface area contributed by atoms with Crippen LogP contribution < -0.4 is 15.5 Å². The van der Waals surface area contributed by atoms with Crippen LogP contribution in [0, 0.1) is 11.3 Å². The van der Waals surface area contributed by atoms with Gasteiger partial charge >= 0.3 is 11.9 Å². The standard InChI is InChI=1S/C27H39N5O4S/c1-17-22(24(33)34)32(23(25(35)36)18(2)29-17)21-9-6-8-20(16-21)30-26(37)28-12-7-13-31-14-10-19(11-15-31)27(3,4)5/h6,8-9,16,19,22H,7,10-15H2,1-5H3,(H,33,34)(H,35,36)(H2,28,30,37). The number of likely N-dealkylation sites (tertiary alicyclic amines) is 1. The molecule has 0 aliphatic carbocycles. The third-order valence-corrected chi connectivity index (χ3v) is 7.40. The summed E-state index contributed by atoms with van der Waals surface area (Å²) in [5.41, 5.74) is 1.83. The highest BCUT2D eigenvalue weighted by Crippen LogP contribution is 2.34. The Morgan fingerprint density at radius 2 is 1.84 bits per heavy atom. The molecule has 1 saturated heterocycles. The van der Waals surface area contributed by atoms with Gasteiger partial charge < -0.3 is 30.6 Å². The molecular weight excluding hydrogens is 490 g/mol.